The van der Waals surface area contributed by atoms with E-state index >= 15 is 0 Å². The Morgan fingerprint density at radius 1 is 0.967 bits per heavy atom. The highest BCUT2D eigenvalue weighted by molar-refractivity contribution is 14.1. The molecule has 0 fully saturated rings. The molecule has 3 N–H and O–H groups in total. The van der Waals surface area contributed by atoms with Gasteiger partial charge in [0.15, 0.2) is 5.11 Å². The maximum Gasteiger partial charge on any atom is 0.263 e. The Hall–Kier alpha value is -2.37. The topological polar surface area (TPSA) is 79.5 Å². The largest absolute Gasteiger partial charge is 0.495 e. The van der Waals surface area contributed by atoms with Crippen molar-refractivity contribution >= 4 is 67.0 Å². The lowest BCUT2D eigenvalue weighted by atomic mass is 10.2. The summed E-state index contributed by atoms with van der Waals surface area (Å²) >= 11 is 7.56. The van der Waals surface area contributed by atoms with Gasteiger partial charge < -0.3 is 15.4 Å². The molecule has 0 aromatic heterocycles. The van der Waals surface area contributed by atoms with E-state index in [1.54, 1.807) is 37.4 Å². The van der Waals surface area contributed by atoms with E-state index in [4.69, 9.17) is 17.0 Å². The minimum atomic E-state index is -3.84. The number of hydrogen-bond donors (Lipinski definition) is 3. The Labute approximate surface area is 195 Å². The van der Waals surface area contributed by atoms with Gasteiger partial charge in [0.1, 0.15) is 10.6 Å². The predicted molar refractivity (Wildman–Crippen MR) is 134 cm³/mol. The van der Waals surface area contributed by atoms with E-state index in [9.17, 15) is 8.42 Å². The first kappa shape index (κ1) is 22.3. The average molecular weight is 553 g/mol. The van der Waals surface area contributed by atoms with E-state index in [0.717, 1.165) is 9.13 Å². The van der Waals surface area contributed by atoms with Crippen LogP contribution in [0.5, 0.6) is 5.75 Å². The molecule has 0 saturated carbocycles. The van der Waals surface area contributed by atoms with Crippen molar-refractivity contribution in [2.75, 3.05) is 22.5 Å². The summed E-state index contributed by atoms with van der Waals surface area (Å²) in [5.74, 6) is 0.624. The van der Waals surface area contributed by atoms with Gasteiger partial charge in [0.05, 0.1) is 18.5 Å². The van der Waals surface area contributed by atoms with E-state index in [0.29, 0.717) is 22.8 Å². The number of para-hydroxylation sites is 2. The first-order valence-electron chi connectivity index (χ1n) is 8.88. The van der Waals surface area contributed by atoms with Crippen LogP contribution >= 0.6 is 34.8 Å². The number of anilines is 3. The molecule has 0 saturated heterocycles. The van der Waals surface area contributed by atoms with Crippen molar-refractivity contribution in [1.29, 1.82) is 0 Å². The van der Waals surface area contributed by atoms with E-state index in [1.807, 2.05) is 43.3 Å². The van der Waals surface area contributed by atoms with Gasteiger partial charge in [0.2, 0.25) is 0 Å². The number of sulfonamides is 1. The fraction of sp³-hybridized carbons (Fsp3) is 0.0952. The zero-order valence-electron chi connectivity index (χ0n) is 16.3. The minimum absolute atomic E-state index is 0.102. The van der Waals surface area contributed by atoms with Crippen molar-refractivity contribution in [1.82, 2.24) is 0 Å². The first-order valence-corrected chi connectivity index (χ1v) is 11.9. The van der Waals surface area contributed by atoms with Crippen LogP contribution in [0.2, 0.25) is 0 Å². The summed E-state index contributed by atoms with van der Waals surface area (Å²) in [4.78, 5) is 0.102. The number of aryl methyl sites for hydroxylation is 1. The molecule has 9 heteroatoms. The number of rotatable bonds is 6. The Balaban J connectivity index is 1.85. The number of nitrogens with one attached hydrogen (secondary N) is 3. The second-order valence-corrected chi connectivity index (χ2v) is 9.70. The number of ether oxygens (including phenoxy) is 1. The standard InChI is InChI=1S/C21H20IN3O3S2/c1-14-7-12-18(24-21(29)23-17-5-3-4-6-19(17)28-2)20(13-14)30(26,27)25-16-10-8-15(22)9-11-16/h3-13,25H,1-2H3,(H2,23,24,29). The Morgan fingerprint density at radius 3 is 2.33 bits per heavy atom. The maximum atomic E-state index is 13.1. The monoisotopic (exact) mass is 553 g/mol. The molecule has 0 amide bonds. The summed E-state index contributed by atoms with van der Waals surface area (Å²) in [6, 6.07) is 19.5. The lowest BCUT2D eigenvalue weighted by Crippen LogP contribution is -2.22. The number of methoxy groups -OCH3 is 1. The lowest BCUT2D eigenvalue weighted by Gasteiger charge is -2.17. The number of thiocarbonyl (C=S) groups is 1. The van der Waals surface area contributed by atoms with Crippen LogP contribution in [0.15, 0.2) is 71.6 Å². The summed E-state index contributed by atoms with van der Waals surface area (Å²) in [5.41, 5.74) is 2.33. The number of hydrogen-bond acceptors (Lipinski definition) is 4. The molecule has 6 nitrogen and oxygen atoms in total. The molecule has 0 spiro atoms. The Bertz CT molecular complexity index is 1170. The van der Waals surface area contributed by atoms with Gasteiger partial charge in [-0.1, -0.05) is 18.2 Å². The summed E-state index contributed by atoms with van der Waals surface area (Å²) in [6.45, 7) is 1.83. The molecule has 0 aliphatic rings. The van der Waals surface area contributed by atoms with Crippen LogP contribution in [-0.4, -0.2) is 20.6 Å². The third kappa shape index (κ3) is 5.61. The van der Waals surface area contributed by atoms with Gasteiger partial charge in [-0.05, 0) is 95.8 Å². The Kier molecular flexibility index (Phi) is 7.16. The zero-order chi connectivity index (χ0) is 21.7. The van der Waals surface area contributed by atoms with Gasteiger partial charge in [0.25, 0.3) is 10.0 Å². The van der Waals surface area contributed by atoms with Crippen LogP contribution in [-0.2, 0) is 10.0 Å². The molecule has 0 unspecified atom stereocenters. The molecule has 156 valence electrons. The average Bonchev–Trinajstić information content (AvgIpc) is 2.71. The van der Waals surface area contributed by atoms with Crippen molar-refractivity contribution in [3.8, 4) is 5.75 Å². The maximum absolute atomic E-state index is 13.1. The Morgan fingerprint density at radius 2 is 1.63 bits per heavy atom. The third-order valence-electron chi connectivity index (χ3n) is 4.13. The molecule has 0 atom stereocenters. The van der Waals surface area contributed by atoms with Crippen LogP contribution in [0.25, 0.3) is 0 Å². The van der Waals surface area contributed by atoms with Crippen LogP contribution in [0.1, 0.15) is 5.56 Å². The highest BCUT2D eigenvalue weighted by Crippen LogP contribution is 2.27. The molecule has 0 aliphatic heterocycles. The SMILES string of the molecule is COc1ccccc1NC(=S)Nc1ccc(C)cc1S(=O)(=O)Nc1ccc(I)cc1. The molecule has 0 radical (unpaired) electrons. The molecular weight excluding hydrogens is 533 g/mol. The van der Waals surface area contributed by atoms with Crippen molar-refractivity contribution in [2.24, 2.45) is 0 Å². The number of halogens is 1. The fourth-order valence-corrected chi connectivity index (χ4v) is 4.59. The summed E-state index contributed by atoms with van der Waals surface area (Å²) < 4.78 is 35.1. The van der Waals surface area contributed by atoms with Gasteiger partial charge in [-0.2, -0.15) is 0 Å². The van der Waals surface area contributed by atoms with E-state index < -0.39 is 10.0 Å². The molecule has 0 heterocycles. The van der Waals surface area contributed by atoms with Crippen molar-refractivity contribution < 1.29 is 13.2 Å². The zero-order valence-corrected chi connectivity index (χ0v) is 20.1. The van der Waals surface area contributed by atoms with Gasteiger partial charge in [-0.15, -0.1) is 0 Å². The van der Waals surface area contributed by atoms with Crippen LogP contribution in [0, 0.1) is 10.5 Å². The van der Waals surface area contributed by atoms with Gasteiger partial charge >= 0.3 is 0 Å². The normalized spacial score (nSPS) is 10.9. The predicted octanol–water partition coefficient (Wildman–Crippen LogP) is 5.22. The van der Waals surface area contributed by atoms with Crippen LogP contribution in [0.3, 0.4) is 0 Å². The highest BCUT2D eigenvalue weighted by Gasteiger charge is 2.20. The van der Waals surface area contributed by atoms with E-state index in [-0.39, 0.29) is 10.0 Å². The van der Waals surface area contributed by atoms with Gasteiger partial charge in [-0.3, -0.25) is 4.72 Å². The molecule has 3 rings (SSSR count). The summed E-state index contributed by atoms with van der Waals surface area (Å²) in [5, 5.41) is 6.27. The van der Waals surface area contributed by atoms with Crippen molar-refractivity contribution in [3.63, 3.8) is 0 Å². The highest BCUT2D eigenvalue weighted by atomic mass is 127. The van der Waals surface area contributed by atoms with Crippen LogP contribution in [0.4, 0.5) is 17.1 Å². The molecule has 0 aliphatic carbocycles. The molecule has 30 heavy (non-hydrogen) atoms. The van der Waals surface area contributed by atoms with Gasteiger partial charge in [0, 0.05) is 9.26 Å². The van der Waals surface area contributed by atoms with Crippen LogP contribution < -0.4 is 20.1 Å². The second-order valence-electron chi connectivity index (χ2n) is 6.39. The summed E-state index contributed by atoms with van der Waals surface area (Å²) in [6.07, 6.45) is 0. The molecule has 3 aromatic rings. The minimum Gasteiger partial charge on any atom is -0.495 e. The first-order chi connectivity index (χ1) is 14.3. The van der Waals surface area contributed by atoms with E-state index in [2.05, 4.69) is 37.9 Å². The quantitative estimate of drug-likeness (QED) is 0.287. The molecule has 3 aromatic carbocycles. The van der Waals surface area contributed by atoms with Crippen molar-refractivity contribution in [3.05, 3.63) is 75.9 Å². The third-order valence-corrected chi connectivity index (χ3v) is 6.47. The molecule has 0 bridgehead atoms. The van der Waals surface area contributed by atoms with E-state index in [1.165, 1.54) is 0 Å². The summed E-state index contributed by atoms with van der Waals surface area (Å²) in [7, 11) is -2.27. The van der Waals surface area contributed by atoms with Gasteiger partial charge in [-0.25, -0.2) is 8.42 Å². The number of benzene rings is 3. The molecular formula is C21H20IN3O3S2. The smallest absolute Gasteiger partial charge is 0.263 e. The lowest BCUT2D eigenvalue weighted by molar-refractivity contribution is 0.417. The fourth-order valence-electron chi connectivity index (χ4n) is 2.71. The van der Waals surface area contributed by atoms with Crippen molar-refractivity contribution in [2.45, 2.75) is 11.8 Å². The second kappa shape index (κ2) is 9.63.